The van der Waals surface area contributed by atoms with Gasteiger partial charge in [-0.05, 0) is 42.0 Å². The minimum Gasteiger partial charge on any atom is -0.450 e. The average molecular weight is 240 g/mol. The third kappa shape index (κ3) is 2.92. The molecular formula is C15H19BNO. The summed E-state index contributed by atoms with van der Waals surface area (Å²) < 4.78 is 0. The Morgan fingerprint density at radius 2 is 2.28 bits per heavy atom. The van der Waals surface area contributed by atoms with Crippen LogP contribution < -0.4 is 5.73 Å². The smallest absolute Gasteiger partial charge is 0.326 e. The van der Waals surface area contributed by atoms with Crippen LogP contribution in [0.1, 0.15) is 36.0 Å². The van der Waals surface area contributed by atoms with E-state index in [9.17, 15) is 5.02 Å². The van der Waals surface area contributed by atoms with E-state index >= 15 is 0 Å². The molecule has 1 unspecified atom stereocenters. The summed E-state index contributed by atoms with van der Waals surface area (Å²) in [5, 5.41) is 9.18. The van der Waals surface area contributed by atoms with Gasteiger partial charge >= 0.3 is 7.48 Å². The number of allylic oxidation sites excluding steroid dienone is 3. The van der Waals surface area contributed by atoms with Crippen LogP contribution in [0.15, 0.2) is 35.8 Å². The Bertz CT molecular complexity index is 479. The first kappa shape index (κ1) is 13.1. The summed E-state index contributed by atoms with van der Waals surface area (Å²) in [7, 11) is 1.16. The summed E-state index contributed by atoms with van der Waals surface area (Å²) in [6.45, 7) is 2.91. The molecule has 1 aliphatic carbocycles. The molecule has 3 N–H and O–H groups in total. The second-order valence-electron chi connectivity index (χ2n) is 4.81. The Hall–Kier alpha value is -1.32. The lowest BCUT2D eigenvalue weighted by atomic mass is 9.81. The van der Waals surface area contributed by atoms with E-state index in [1.807, 2.05) is 12.2 Å². The van der Waals surface area contributed by atoms with Crippen molar-refractivity contribution < 1.29 is 5.02 Å². The predicted octanol–water partition coefficient (Wildman–Crippen LogP) is 2.20. The predicted molar refractivity (Wildman–Crippen MR) is 77.3 cm³/mol. The molecule has 0 bridgehead atoms. The van der Waals surface area contributed by atoms with Gasteiger partial charge < -0.3 is 10.8 Å². The van der Waals surface area contributed by atoms with E-state index in [4.69, 9.17) is 5.73 Å². The fourth-order valence-electron chi connectivity index (χ4n) is 2.35. The largest absolute Gasteiger partial charge is 0.450 e. The number of benzene rings is 1. The number of nitrogens with two attached hydrogens (primary N) is 1. The molecule has 2 rings (SSSR count). The van der Waals surface area contributed by atoms with Crippen molar-refractivity contribution in [2.45, 2.75) is 25.7 Å². The van der Waals surface area contributed by atoms with Gasteiger partial charge in [0.25, 0.3) is 0 Å². The van der Waals surface area contributed by atoms with Gasteiger partial charge in [0.15, 0.2) is 0 Å². The first-order valence-electron chi connectivity index (χ1n) is 6.43. The third-order valence-corrected chi connectivity index (χ3v) is 3.39. The number of fused-ring (bicyclic) bond motifs is 1. The van der Waals surface area contributed by atoms with Crippen molar-refractivity contribution in [2.24, 2.45) is 5.73 Å². The Balaban J connectivity index is 2.44. The monoisotopic (exact) mass is 240 g/mol. The van der Waals surface area contributed by atoms with Crippen molar-refractivity contribution in [3.05, 3.63) is 52.5 Å². The minimum atomic E-state index is 0.491. The molecule has 1 aliphatic rings. The van der Waals surface area contributed by atoms with E-state index < -0.39 is 0 Å². The first-order chi connectivity index (χ1) is 8.74. The maximum absolute atomic E-state index is 9.18. The van der Waals surface area contributed by atoms with E-state index in [1.165, 1.54) is 16.7 Å². The highest BCUT2D eigenvalue weighted by atomic mass is 16.2. The van der Waals surface area contributed by atoms with E-state index in [1.54, 1.807) is 0 Å². The molecule has 3 heteroatoms. The van der Waals surface area contributed by atoms with Crippen LogP contribution >= 0.6 is 0 Å². The Kier molecular flexibility index (Phi) is 4.40. The summed E-state index contributed by atoms with van der Waals surface area (Å²) in [6.07, 6.45) is 8.01. The van der Waals surface area contributed by atoms with Crippen molar-refractivity contribution in [2.75, 3.05) is 6.54 Å². The molecule has 0 amide bonds. The summed E-state index contributed by atoms with van der Waals surface area (Å²) in [5.74, 6) is 0.491. The van der Waals surface area contributed by atoms with Crippen LogP contribution in [-0.4, -0.2) is 19.1 Å². The molecule has 0 fully saturated rings. The molecule has 0 saturated carbocycles. The minimum absolute atomic E-state index is 0.491. The van der Waals surface area contributed by atoms with Gasteiger partial charge in [0.1, 0.15) is 0 Å². The normalized spacial score (nSPS) is 18.6. The number of hydrogen-bond acceptors (Lipinski definition) is 2. The molecular weight excluding hydrogens is 221 g/mol. The SMILES string of the molecule is CC1CC=CC([B]O)=Cc2ccc(CCN)cc21. The van der Waals surface area contributed by atoms with Crippen molar-refractivity contribution in [3.63, 3.8) is 0 Å². The molecule has 0 aromatic heterocycles. The fourth-order valence-corrected chi connectivity index (χ4v) is 2.35. The van der Waals surface area contributed by atoms with E-state index in [-0.39, 0.29) is 0 Å². The third-order valence-electron chi connectivity index (χ3n) is 3.39. The van der Waals surface area contributed by atoms with Crippen LogP contribution in [0.3, 0.4) is 0 Å². The van der Waals surface area contributed by atoms with E-state index in [0.717, 1.165) is 25.8 Å². The van der Waals surface area contributed by atoms with Gasteiger partial charge in [-0.25, -0.2) is 0 Å². The van der Waals surface area contributed by atoms with Gasteiger partial charge in [0.05, 0.1) is 0 Å². The van der Waals surface area contributed by atoms with Crippen molar-refractivity contribution in [1.82, 2.24) is 0 Å². The molecule has 1 aromatic rings. The molecule has 1 atom stereocenters. The molecule has 18 heavy (non-hydrogen) atoms. The molecule has 93 valence electrons. The van der Waals surface area contributed by atoms with Gasteiger partial charge in [0.2, 0.25) is 0 Å². The molecule has 1 radical (unpaired) electrons. The second-order valence-corrected chi connectivity index (χ2v) is 4.81. The van der Waals surface area contributed by atoms with Crippen LogP contribution in [0.25, 0.3) is 6.08 Å². The average Bonchev–Trinajstić information content (AvgIpc) is 2.37. The Morgan fingerprint density at radius 1 is 1.44 bits per heavy atom. The highest BCUT2D eigenvalue weighted by Gasteiger charge is 2.12. The zero-order chi connectivity index (χ0) is 13.0. The summed E-state index contributed by atoms with van der Waals surface area (Å²) in [5.41, 5.74) is 10.3. The van der Waals surface area contributed by atoms with Gasteiger partial charge in [-0.3, -0.25) is 0 Å². The quantitative estimate of drug-likeness (QED) is 0.795. The summed E-state index contributed by atoms with van der Waals surface area (Å²) in [6, 6.07) is 6.49. The lowest BCUT2D eigenvalue weighted by molar-refractivity contribution is 0.612. The van der Waals surface area contributed by atoms with Crippen molar-refractivity contribution in [1.29, 1.82) is 0 Å². The Morgan fingerprint density at radius 3 is 3.00 bits per heavy atom. The number of hydrogen-bond donors (Lipinski definition) is 2. The second kappa shape index (κ2) is 6.03. The van der Waals surface area contributed by atoms with E-state index in [2.05, 4.69) is 31.2 Å². The van der Waals surface area contributed by atoms with E-state index in [0.29, 0.717) is 12.5 Å². The van der Waals surface area contributed by atoms with Crippen molar-refractivity contribution >= 4 is 13.6 Å². The lowest BCUT2D eigenvalue weighted by Crippen LogP contribution is -2.05. The van der Waals surface area contributed by atoms with Crippen LogP contribution in [0.4, 0.5) is 0 Å². The zero-order valence-electron chi connectivity index (χ0n) is 10.8. The maximum atomic E-state index is 9.18. The van der Waals surface area contributed by atoms with Gasteiger partial charge in [-0.15, -0.1) is 0 Å². The summed E-state index contributed by atoms with van der Waals surface area (Å²) in [4.78, 5) is 0. The van der Waals surface area contributed by atoms with Crippen LogP contribution in [0.2, 0.25) is 0 Å². The fraction of sp³-hybridized carbons (Fsp3) is 0.333. The van der Waals surface area contributed by atoms with Gasteiger partial charge in [-0.2, -0.15) is 0 Å². The van der Waals surface area contributed by atoms with Gasteiger partial charge in [-0.1, -0.05) is 48.8 Å². The maximum Gasteiger partial charge on any atom is 0.326 e. The standard InChI is InChI=1S/C15H19BNO/c1-11-3-2-4-14(16-18)10-13-6-5-12(7-8-17)9-15(11)13/h2,4-6,9-11,18H,3,7-8,17H2,1H3. The topological polar surface area (TPSA) is 46.2 Å². The van der Waals surface area contributed by atoms with Gasteiger partial charge in [0, 0.05) is 0 Å². The molecule has 1 aromatic carbocycles. The van der Waals surface area contributed by atoms with Crippen LogP contribution in [0, 0.1) is 0 Å². The summed E-state index contributed by atoms with van der Waals surface area (Å²) >= 11 is 0. The van der Waals surface area contributed by atoms with Crippen LogP contribution in [-0.2, 0) is 6.42 Å². The highest BCUT2D eigenvalue weighted by molar-refractivity contribution is 6.39. The molecule has 0 heterocycles. The van der Waals surface area contributed by atoms with Crippen LogP contribution in [0.5, 0.6) is 0 Å². The molecule has 0 aliphatic heterocycles. The van der Waals surface area contributed by atoms with Crippen molar-refractivity contribution in [3.8, 4) is 0 Å². The lowest BCUT2D eigenvalue weighted by Gasteiger charge is -2.17. The molecule has 0 saturated heterocycles. The Labute approximate surface area is 109 Å². The highest BCUT2D eigenvalue weighted by Crippen LogP contribution is 2.28. The molecule has 2 nitrogen and oxygen atoms in total. The molecule has 0 spiro atoms. The zero-order valence-corrected chi connectivity index (χ0v) is 10.8. The number of rotatable bonds is 3. The first-order valence-corrected chi connectivity index (χ1v) is 6.43.